The average Bonchev–Trinajstić information content (AvgIpc) is 3.06. The Morgan fingerprint density at radius 3 is 2.62 bits per heavy atom. The molecule has 1 heterocycles. The number of nitrogens with zero attached hydrogens (tertiary/aromatic N) is 3. The van der Waals surface area contributed by atoms with E-state index in [4.69, 9.17) is 19.5 Å². The Morgan fingerprint density at radius 2 is 1.97 bits per heavy atom. The summed E-state index contributed by atoms with van der Waals surface area (Å²) < 4.78 is 15.6. The number of likely N-dealkylation sites (N-methyl/N-ethyl adjacent to an activating group) is 1. The minimum absolute atomic E-state index is 0.0868. The van der Waals surface area contributed by atoms with Crippen LogP contribution in [0.4, 0.5) is 5.69 Å². The van der Waals surface area contributed by atoms with Gasteiger partial charge in [-0.2, -0.15) is 5.26 Å². The number of carbonyl (C=O) groups is 2. The van der Waals surface area contributed by atoms with Crippen molar-refractivity contribution in [1.82, 2.24) is 4.90 Å². The number of carbonyl (C=O) groups excluding carboxylic acids is 2. The fraction of sp³-hybridized carbons (Fsp3) is 0.217. The molecule has 0 unspecified atom stereocenters. The van der Waals surface area contributed by atoms with Crippen LogP contribution in [-0.4, -0.2) is 49.3 Å². The average molecular weight is 452 g/mol. The van der Waals surface area contributed by atoms with Crippen LogP contribution in [0.2, 0.25) is 0 Å². The van der Waals surface area contributed by atoms with Gasteiger partial charge in [-0.15, -0.1) is 0 Å². The van der Waals surface area contributed by atoms with Crippen molar-refractivity contribution in [2.45, 2.75) is 6.92 Å². The van der Waals surface area contributed by atoms with E-state index in [0.29, 0.717) is 39.4 Å². The second-order valence-corrected chi connectivity index (χ2v) is 7.50. The molecule has 1 amide bonds. The quantitative estimate of drug-likeness (QED) is 0.463. The van der Waals surface area contributed by atoms with Crippen LogP contribution in [0, 0.1) is 11.3 Å². The molecule has 1 aliphatic heterocycles. The van der Waals surface area contributed by atoms with Crippen molar-refractivity contribution in [1.29, 1.82) is 5.26 Å². The van der Waals surface area contributed by atoms with Crippen molar-refractivity contribution in [3.05, 3.63) is 58.5 Å². The zero-order valence-electron chi connectivity index (χ0n) is 17.8. The third-order valence-electron chi connectivity index (χ3n) is 4.38. The normalized spacial score (nSPS) is 15.7. The summed E-state index contributed by atoms with van der Waals surface area (Å²) in [5.41, 5.74) is 1.80. The van der Waals surface area contributed by atoms with E-state index in [2.05, 4.69) is 4.99 Å². The van der Waals surface area contributed by atoms with Crippen LogP contribution in [0.25, 0.3) is 6.08 Å². The second-order valence-electron chi connectivity index (χ2n) is 6.49. The van der Waals surface area contributed by atoms with Gasteiger partial charge in [0.15, 0.2) is 23.3 Å². The highest BCUT2D eigenvalue weighted by atomic mass is 32.2. The van der Waals surface area contributed by atoms with Crippen molar-refractivity contribution < 1.29 is 23.8 Å². The van der Waals surface area contributed by atoms with E-state index in [1.807, 2.05) is 6.07 Å². The molecule has 2 aromatic rings. The Morgan fingerprint density at radius 1 is 1.22 bits per heavy atom. The van der Waals surface area contributed by atoms with Gasteiger partial charge in [-0.05, 0) is 66.7 Å². The number of esters is 1. The molecule has 8 nitrogen and oxygen atoms in total. The summed E-state index contributed by atoms with van der Waals surface area (Å²) in [6.07, 6.45) is 1.74. The van der Waals surface area contributed by atoms with Crippen LogP contribution < -0.4 is 9.47 Å². The lowest BCUT2D eigenvalue weighted by Crippen LogP contribution is -2.23. The Labute approximate surface area is 190 Å². The van der Waals surface area contributed by atoms with E-state index >= 15 is 0 Å². The number of methoxy groups -OCH3 is 1. The molecule has 0 spiro atoms. The Kier molecular flexibility index (Phi) is 7.52. The molecule has 0 bridgehead atoms. The summed E-state index contributed by atoms with van der Waals surface area (Å²) in [4.78, 5) is 31.0. The van der Waals surface area contributed by atoms with Crippen LogP contribution in [-0.2, 0) is 9.53 Å². The van der Waals surface area contributed by atoms with Crippen molar-refractivity contribution in [3.63, 3.8) is 0 Å². The van der Waals surface area contributed by atoms with E-state index < -0.39 is 0 Å². The predicted molar refractivity (Wildman–Crippen MR) is 122 cm³/mol. The molecular formula is C23H21N3O5S. The topological polar surface area (TPSA) is 101 Å². The van der Waals surface area contributed by atoms with Crippen molar-refractivity contribution >= 4 is 40.6 Å². The summed E-state index contributed by atoms with van der Waals surface area (Å²) in [6.45, 7) is 1.97. The molecule has 0 atom stereocenters. The number of ether oxygens (including phenoxy) is 3. The number of hydrogen-bond donors (Lipinski definition) is 0. The van der Waals surface area contributed by atoms with Crippen LogP contribution in [0.3, 0.4) is 0 Å². The summed E-state index contributed by atoms with van der Waals surface area (Å²) >= 11 is 1.25. The van der Waals surface area contributed by atoms with Gasteiger partial charge < -0.3 is 14.2 Å². The third-order valence-corrected chi connectivity index (χ3v) is 5.44. The minimum Gasteiger partial charge on any atom is -0.493 e. The Hall–Kier alpha value is -3.77. The first-order chi connectivity index (χ1) is 15.5. The number of nitriles is 1. The molecule has 2 aromatic carbocycles. The minimum atomic E-state index is -0.390. The van der Waals surface area contributed by atoms with E-state index in [1.165, 1.54) is 23.8 Å². The lowest BCUT2D eigenvalue weighted by Gasteiger charge is -2.09. The molecule has 0 N–H and O–H groups in total. The largest absolute Gasteiger partial charge is 0.493 e. The van der Waals surface area contributed by atoms with E-state index in [-0.39, 0.29) is 18.5 Å². The van der Waals surface area contributed by atoms with Crippen molar-refractivity contribution in [2.24, 2.45) is 4.99 Å². The number of rotatable bonds is 7. The third kappa shape index (κ3) is 5.28. The monoisotopic (exact) mass is 451 g/mol. The van der Waals surface area contributed by atoms with Gasteiger partial charge in [-0.1, -0.05) is 6.07 Å². The smallest absolute Gasteiger partial charge is 0.338 e. The molecule has 1 aliphatic rings. The SMILES string of the molecule is CCOC(=O)c1ccc(N=C2SC(=Cc3ccc(OCC#N)c(OC)c3)C(=O)N2C)cc1. The summed E-state index contributed by atoms with van der Waals surface area (Å²) in [7, 11) is 3.16. The fourth-order valence-electron chi connectivity index (χ4n) is 2.80. The molecule has 32 heavy (non-hydrogen) atoms. The second kappa shape index (κ2) is 10.5. The van der Waals surface area contributed by atoms with Gasteiger partial charge >= 0.3 is 5.97 Å². The first-order valence-corrected chi connectivity index (χ1v) is 10.5. The maximum Gasteiger partial charge on any atom is 0.338 e. The standard InChI is InChI=1S/C23H21N3O5S/c1-4-30-22(28)16-6-8-17(9-7-16)25-23-26(2)21(27)20(32-23)14-15-5-10-18(31-12-11-24)19(13-15)29-3/h5-10,13-14H,4,12H2,1-3H3. The number of amides is 1. The van der Waals surface area contributed by atoms with Gasteiger partial charge in [0, 0.05) is 7.05 Å². The highest BCUT2D eigenvalue weighted by Crippen LogP contribution is 2.35. The van der Waals surface area contributed by atoms with Gasteiger partial charge in [-0.3, -0.25) is 9.69 Å². The maximum atomic E-state index is 12.7. The number of thioether (sulfide) groups is 1. The number of hydrogen-bond acceptors (Lipinski definition) is 8. The van der Waals surface area contributed by atoms with Crippen molar-refractivity contribution in [3.8, 4) is 17.6 Å². The molecule has 3 rings (SSSR count). The first-order valence-electron chi connectivity index (χ1n) is 9.68. The zero-order valence-corrected chi connectivity index (χ0v) is 18.6. The highest BCUT2D eigenvalue weighted by molar-refractivity contribution is 8.18. The van der Waals surface area contributed by atoms with Crippen LogP contribution >= 0.6 is 11.8 Å². The molecule has 0 aliphatic carbocycles. The van der Waals surface area contributed by atoms with Crippen molar-refractivity contribution in [2.75, 3.05) is 27.4 Å². The van der Waals surface area contributed by atoms with E-state index in [1.54, 1.807) is 62.5 Å². The first kappa shape index (κ1) is 22.9. The van der Waals surface area contributed by atoms with Gasteiger partial charge in [0.25, 0.3) is 5.91 Å². The molecule has 1 saturated heterocycles. The van der Waals surface area contributed by atoms with Crippen LogP contribution in [0.5, 0.6) is 11.5 Å². The molecular weight excluding hydrogens is 430 g/mol. The molecule has 0 radical (unpaired) electrons. The van der Waals surface area contributed by atoms with Gasteiger partial charge in [-0.25, -0.2) is 9.79 Å². The van der Waals surface area contributed by atoms with Gasteiger partial charge in [0.1, 0.15) is 6.07 Å². The molecule has 0 aromatic heterocycles. The van der Waals surface area contributed by atoms with E-state index in [9.17, 15) is 9.59 Å². The lowest BCUT2D eigenvalue weighted by molar-refractivity contribution is -0.121. The molecule has 0 saturated carbocycles. The zero-order chi connectivity index (χ0) is 23.1. The van der Waals surface area contributed by atoms with Crippen LogP contribution in [0.15, 0.2) is 52.4 Å². The number of amidine groups is 1. The Balaban J connectivity index is 1.80. The highest BCUT2D eigenvalue weighted by Gasteiger charge is 2.30. The van der Waals surface area contributed by atoms with E-state index in [0.717, 1.165) is 5.56 Å². The lowest BCUT2D eigenvalue weighted by atomic mass is 10.2. The molecule has 9 heteroatoms. The number of aliphatic imine (C=N–C) groups is 1. The Bertz CT molecular complexity index is 1120. The molecule has 1 fully saturated rings. The predicted octanol–water partition coefficient (Wildman–Crippen LogP) is 4.01. The van der Waals surface area contributed by atoms with Gasteiger partial charge in [0.2, 0.25) is 0 Å². The molecule has 164 valence electrons. The van der Waals surface area contributed by atoms with Crippen LogP contribution in [0.1, 0.15) is 22.8 Å². The maximum absolute atomic E-state index is 12.7. The fourth-order valence-corrected chi connectivity index (χ4v) is 3.79. The summed E-state index contributed by atoms with van der Waals surface area (Å²) in [5, 5.41) is 9.20. The summed E-state index contributed by atoms with van der Waals surface area (Å²) in [5.74, 6) is 0.348. The summed E-state index contributed by atoms with van der Waals surface area (Å²) in [6, 6.07) is 13.8. The number of benzene rings is 2. The van der Waals surface area contributed by atoms with Gasteiger partial charge in [0.05, 0.1) is 29.9 Å².